The van der Waals surface area contributed by atoms with Crippen molar-refractivity contribution in [3.8, 4) is 0 Å². The number of nitrogens with zero attached hydrogens (tertiary/aromatic N) is 1. The summed E-state index contributed by atoms with van der Waals surface area (Å²) in [4.78, 5) is 2.60. The molecule has 0 spiro atoms. The van der Waals surface area contributed by atoms with Gasteiger partial charge in [0.05, 0.1) is 0 Å². The number of nitrogens with two attached hydrogens (primary N) is 1. The molecule has 1 fully saturated rings. The summed E-state index contributed by atoms with van der Waals surface area (Å²) in [5.74, 6) is 2.63. The second kappa shape index (κ2) is 12.3. The highest BCUT2D eigenvalue weighted by Gasteiger charge is 2.10. The molecule has 1 heterocycles. The second-order valence-electron chi connectivity index (χ2n) is 5.48. The highest BCUT2D eigenvalue weighted by molar-refractivity contribution is 7.99. The molecule has 18 heavy (non-hydrogen) atoms. The summed E-state index contributed by atoms with van der Waals surface area (Å²) in [6, 6.07) is 0. The van der Waals surface area contributed by atoms with Crippen molar-refractivity contribution in [1.82, 2.24) is 4.90 Å². The van der Waals surface area contributed by atoms with Gasteiger partial charge in [-0.05, 0) is 25.9 Å². The van der Waals surface area contributed by atoms with Crippen LogP contribution in [0.3, 0.4) is 0 Å². The van der Waals surface area contributed by atoms with Crippen LogP contribution in [0.15, 0.2) is 0 Å². The van der Waals surface area contributed by atoms with Crippen LogP contribution in [0, 0.1) is 0 Å². The fraction of sp³-hybridized carbons (Fsp3) is 1.00. The van der Waals surface area contributed by atoms with Gasteiger partial charge in [0.2, 0.25) is 0 Å². The van der Waals surface area contributed by atoms with Crippen molar-refractivity contribution in [2.24, 2.45) is 5.73 Å². The Morgan fingerprint density at radius 1 is 0.778 bits per heavy atom. The van der Waals surface area contributed by atoms with Crippen LogP contribution >= 0.6 is 11.8 Å². The number of hydrogen-bond acceptors (Lipinski definition) is 3. The molecule has 0 atom stereocenters. The molecular weight excluding hydrogens is 240 g/mol. The van der Waals surface area contributed by atoms with E-state index in [0.29, 0.717) is 0 Å². The molecule has 0 radical (unpaired) electrons. The molecule has 0 saturated carbocycles. The van der Waals surface area contributed by atoms with Crippen molar-refractivity contribution in [2.45, 2.75) is 64.2 Å². The fourth-order valence-electron chi connectivity index (χ4n) is 2.52. The number of hydrogen-bond donors (Lipinski definition) is 1. The van der Waals surface area contributed by atoms with Crippen molar-refractivity contribution in [3.05, 3.63) is 0 Å². The monoisotopic (exact) mass is 272 g/mol. The van der Waals surface area contributed by atoms with Gasteiger partial charge in [-0.2, -0.15) is 0 Å². The Bertz CT molecular complexity index is 170. The third-order valence-electron chi connectivity index (χ3n) is 3.75. The summed E-state index contributed by atoms with van der Waals surface area (Å²) < 4.78 is 0. The second-order valence-corrected chi connectivity index (χ2v) is 6.55. The minimum absolute atomic E-state index is 0.871. The standard InChI is InChI=1S/C15H32N2S/c16-11-9-7-5-3-1-2-4-6-8-10-12-17-13-14-18-15-17/h1-16H2. The van der Waals surface area contributed by atoms with Crippen LogP contribution in [-0.4, -0.2) is 36.2 Å². The van der Waals surface area contributed by atoms with E-state index in [1.807, 2.05) is 0 Å². The first kappa shape index (κ1) is 16.3. The van der Waals surface area contributed by atoms with Gasteiger partial charge in [0, 0.05) is 18.2 Å². The Hall–Kier alpha value is 0.270. The Balaban J connectivity index is 1.68. The van der Waals surface area contributed by atoms with Crippen molar-refractivity contribution in [3.63, 3.8) is 0 Å². The van der Waals surface area contributed by atoms with E-state index in [9.17, 15) is 0 Å². The number of unbranched alkanes of at least 4 members (excludes halogenated alkanes) is 9. The van der Waals surface area contributed by atoms with Gasteiger partial charge in [-0.15, -0.1) is 11.8 Å². The Kier molecular flexibility index (Phi) is 11.2. The van der Waals surface area contributed by atoms with E-state index in [4.69, 9.17) is 5.73 Å². The largest absolute Gasteiger partial charge is 0.330 e. The summed E-state index contributed by atoms with van der Waals surface area (Å²) in [6.07, 6.45) is 14.0. The highest BCUT2D eigenvalue weighted by atomic mass is 32.2. The van der Waals surface area contributed by atoms with Gasteiger partial charge in [-0.1, -0.05) is 51.4 Å². The van der Waals surface area contributed by atoms with Gasteiger partial charge in [-0.25, -0.2) is 0 Å². The summed E-state index contributed by atoms with van der Waals surface area (Å²) in [5, 5.41) is 0. The summed E-state index contributed by atoms with van der Waals surface area (Å²) in [6.45, 7) is 3.54. The van der Waals surface area contributed by atoms with Crippen LogP contribution in [0.1, 0.15) is 64.2 Å². The lowest BCUT2D eigenvalue weighted by atomic mass is 10.1. The molecule has 1 saturated heterocycles. The van der Waals surface area contributed by atoms with E-state index in [-0.39, 0.29) is 0 Å². The van der Waals surface area contributed by atoms with Crippen molar-refractivity contribution >= 4 is 11.8 Å². The van der Waals surface area contributed by atoms with E-state index >= 15 is 0 Å². The Morgan fingerprint density at radius 3 is 1.83 bits per heavy atom. The van der Waals surface area contributed by atoms with Gasteiger partial charge in [0.25, 0.3) is 0 Å². The molecule has 0 amide bonds. The molecule has 1 aliphatic heterocycles. The molecule has 0 aliphatic carbocycles. The van der Waals surface area contributed by atoms with Crippen molar-refractivity contribution < 1.29 is 0 Å². The first-order valence-electron chi connectivity index (χ1n) is 7.93. The van der Waals surface area contributed by atoms with E-state index in [2.05, 4.69) is 16.7 Å². The molecular formula is C15H32N2S. The lowest BCUT2D eigenvalue weighted by Crippen LogP contribution is -2.20. The van der Waals surface area contributed by atoms with E-state index in [1.165, 1.54) is 88.9 Å². The molecule has 0 aromatic heterocycles. The average molecular weight is 273 g/mol. The smallest absolute Gasteiger partial charge is 0.0445 e. The molecule has 0 bridgehead atoms. The highest BCUT2D eigenvalue weighted by Crippen LogP contribution is 2.15. The van der Waals surface area contributed by atoms with Crippen molar-refractivity contribution in [1.29, 1.82) is 0 Å². The zero-order chi connectivity index (χ0) is 12.9. The third kappa shape index (κ3) is 9.23. The topological polar surface area (TPSA) is 29.3 Å². The van der Waals surface area contributed by atoms with Gasteiger partial charge in [0.15, 0.2) is 0 Å². The fourth-order valence-corrected chi connectivity index (χ4v) is 3.55. The van der Waals surface area contributed by atoms with E-state index < -0.39 is 0 Å². The number of rotatable bonds is 12. The van der Waals surface area contributed by atoms with Crippen LogP contribution in [0.25, 0.3) is 0 Å². The van der Waals surface area contributed by atoms with E-state index in [0.717, 1.165) is 6.54 Å². The minimum Gasteiger partial charge on any atom is -0.330 e. The van der Waals surface area contributed by atoms with Crippen LogP contribution < -0.4 is 5.73 Å². The third-order valence-corrected chi connectivity index (χ3v) is 4.77. The summed E-state index contributed by atoms with van der Waals surface area (Å²) >= 11 is 2.08. The number of thioether (sulfide) groups is 1. The maximum atomic E-state index is 5.48. The molecule has 1 aliphatic rings. The summed E-state index contributed by atoms with van der Waals surface area (Å²) in [5.41, 5.74) is 5.48. The van der Waals surface area contributed by atoms with Gasteiger partial charge >= 0.3 is 0 Å². The first-order valence-corrected chi connectivity index (χ1v) is 9.09. The summed E-state index contributed by atoms with van der Waals surface area (Å²) in [7, 11) is 0. The maximum absolute atomic E-state index is 5.48. The van der Waals surface area contributed by atoms with Crippen LogP contribution in [0.5, 0.6) is 0 Å². The molecule has 108 valence electrons. The molecule has 1 rings (SSSR count). The molecule has 3 heteroatoms. The molecule has 2 N–H and O–H groups in total. The van der Waals surface area contributed by atoms with E-state index in [1.54, 1.807) is 0 Å². The lowest BCUT2D eigenvalue weighted by molar-refractivity contribution is 0.343. The van der Waals surface area contributed by atoms with Crippen LogP contribution in [0.2, 0.25) is 0 Å². The Labute approximate surface area is 118 Å². The predicted octanol–water partition coefficient (Wildman–Crippen LogP) is 3.85. The SMILES string of the molecule is NCCCCCCCCCCCCN1CCSC1. The van der Waals surface area contributed by atoms with Crippen LogP contribution in [-0.2, 0) is 0 Å². The zero-order valence-corrected chi connectivity index (χ0v) is 12.9. The normalized spacial score (nSPS) is 16.5. The average Bonchev–Trinajstić information content (AvgIpc) is 2.89. The Morgan fingerprint density at radius 2 is 1.33 bits per heavy atom. The zero-order valence-electron chi connectivity index (χ0n) is 12.0. The van der Waals surface area contributed by atoms with Gasteiger partial charge in [-0.3, -0.25) is 4.90 Å². The molecule has 0 aromatic rings. The maximum Gasteiger partial charge on any atom is 0.0445 e. The molecule has 0 aromatic carbocycles. The molecule has 2 nitrogen and oxygen atoms in total. The van der Waals surface area contributed by atoms with Crippen LogP contribution in [0.4, 0.5) is 0 Å². The predicted molar refractivity (Wildman–Crippen MR) is 84.1 cm³/mol. The lowest BCUT2D eigenvalue weighted by Gasteiger charge is -2.12. The molecule has 0 unspecified atom stereocenters. The van der Waals surface area contributed by atoms with Gasteiger partial charge < -0.3 is 5.73 Å². The minimum atomic E-state index is 0.871. The van der Waals surface area contributed by atoms with Crippen molar-refractivity contribution in [2.75, 3.05) is 31.3 Å². The first-order chi connectivity index (χ1) is 8.93. The quantitative estimate of drug-likeness (QED) is 0.547. The van der Waals surface area contributed by atoms with Gasteiger partial charge in [0.1, 0.15) is 0 Å².